The van der Waals surface area contributed by atoms with Gasteiger partial charge in [0.1, 0.15) is 17.8 Å². The summed E-state index contributed by atoms with van der Waals surface area (Å²) in [5.74, 6) is 0.301. The van der Waals surface area contributed by atoms with Gasteiger partial charge in [0.15, 0.2) is 5.65 Å². The van der Waals surface area contributed by atoms with Gasteiger partial charge in [-0.2, -0.15) is 5.10 Å². The molecule has 0 spiro atoms. The number of nitrogens with two attached hydrogens (primary N) is 1. The van der Waals surface area contributed by atoms with E-state index in [1.54, 1.807) is 35.0 Å². The van der Waals surface area contributed by atoms with Gasteiger partial charge in [0.25, 0.3) is 0 Å². The van der Waals surface area contributed by atoms with Crippen LogP contribution in [0.15, 0.2) is 54.9 Å². The molecule has 29 heavy (non-hydrogen) atoms. The van der Waals surface area contributed by atoms with Gasteiger partial charge in [0, 0.05) is 17.6 Å². The summed E-state index contributed by atoms with van der Waals surface area (Å²) >= 11 is 6.00. The largest absolute Gasteiger partial charge is 0.383 e. The quantitative estimate of drug-likeness (QED) is 0.535. The van der Waals surface area contributed by atoms with Crippen LogP contribution in [-0.2, 0) is 10.0 Å². The molecule has 2 N–H and O–H groups in total. The van der Waals surface area contributed by atoms with Crippen LogP contribution in [0.4, 0.5) is 11.5 Å². The van der Waals surface area contributed by atoms with E-state index in [2.05, 4.69) is 9.97 Å². The van der Waals surface area contributed by atoms with Gasteiger partial charge in [-0.1, -0.05) is 29.8 Å². The summed E-state index contributed by atoms with van der Waals surface area (Å²) in [6, 6.07) is 14.2. The molecular weight excluding hydrogens is 412 g/mol. The average molecular weight is 429 g/mol. The second-order valence-electron chi connectivity index (χ2n) is 6.48. The zero-order chi connectivity index (χ0) is 20.8. The minimum Gasteiger partial charge on any atom is -0.383 e. The van der Waals surface area contributed by atoms with E-state index < -0.39 is 10.0 Å². The van der Waals surface area contributed by atoms with E-state index in [4.69, 9.17) is 22.4 Å². The van der Waals surface area contributed by atoms with Gasteiger partial charge < -0.3 is 5.73 Å². The smallest absolute Gasteiger partial charge is 0.231 e. The number of sulfonamides is 1. The van der Waals surface area contributed by atoms with Gasteiger partial charge in [-0.3, -0.25) is 4.31 Å². The van der Waals surface area contributed by atoms with Crippen molar-refractivity contribution >= 4 is 44.2 Å². The van der Waals surface area contributed by atoms with Crippen molar-refractivity contribution in [3.8, 4) is 16.9 Å². The molecule has 0 aliphatic carbocycles. The molecule has 148 valence electrons. The summed E-state index contributed by atoms with van der Waals surface area (Å²) in [5.41, 5.74) is 9.21. The number of halogens is 1. The van der Waals surface area contributed by atoms with Crippen molar-refractivity contribution in [2.45, 2.75) is 0 Å². The van der Waals surface area contributed by atoms with E-state index in [9.17, 15) is 8.42 Å². The highest BCUT2D eigenvalue weighted by atomic mass is 35.5. The van der Waals surface area contributed by atoms with E-state index >= 15 is 0 Å². The van der Waals surface area contributed by atoms with Crippen LogP contribution in [0.1, 0.15) is 0 Å². The molecule has 0 bridgehead atoms. The number of aromatic nitrogens is 4. The molecule has 0 aliphatic rings. The molecule has 0 saturated carbocycles. The zero-order valence-corrected chi connectivity index (χ0v) is 17.2. The summed E-state index contributed by atoms with van der Waals surface area (Å²) in [4.78, 5) is 8.45. The monoisotopic (exact) mass is 428 g/mol. The summed E-state index contributed by atoms with van der Waals surface area (Å²) in [7, 11) is -1.91. The minimum atomic E-state index is -3.40. The number of hydrogen-bond acceptors (Lipinski definition) is 6. The zero-order valence-electron chi connectivity index (χ0n) is 15.6. The maximum Gasteiger partial charge on any atom is 0.231 e. The molecule has 4 aromatic rings. The highest BCUT2D eigenvalue weighted by molar-refractivity contribution is 7.92. The van der Waals surface area contributed by atoms with E-state index in [-0.39, 0.29) is 0 Å². The number of hydrogen-bond donors (Lipinski definition) is 1. The van der Waals surface area contributed by atoms with Crippen LogP contribution in [0, 0.1) is 0 Å². The molecule has 2 aromatic carbocycles. The molecule has 0 atom stereocenters. The fourth-order valence-corrected chi connectivity index (χ4v) is 3.60. The summed E-state index contributed by atoms with van der Waals surface area (Å²) < 4.78 is 26.6. The van der Waals surface area contributed by atoms with Crippen LogP contribution in [0.2, 0.25) is 5.02 Å². The molecule has 0 saturated heterocycles. The Kier molecular flexibility index (Phi) is 4.64. The normalized spacial score (nSPS) is 11.7. The van der Waals surface area contributed by atoms with Gasteiger partial charge in [-0.05, 0) is 30.3 Å². The van der Waals surface area contributed by atoms with Gasteiger partial charge in [0.2, 0.25) is 10.0 Å². The van der Waals surface area contributed by atoms with Crippen molar-refractivity contribution in [2.75, 3.05) is 23.3 Å². The van der Waals surface area contributed by atoms with Crippen LogP contribution in [0.5, 0.6) is 0 Å². The van der Waals surface area contributed by atoms with Crippen molar-refractivity contribution in [3.63, 3.8) is 0 Å². The summed E-state index contributed by atoms with van der Waals surface area (Å²) in [5, 5.41) is 5.92. The van der Waals surface area contributed by atoms with Crippen molar-refractivity contribution in [2.24, 2.45) is 0 Å². The van der Waals surface area contributed by atoms with Crippen LogP contribution >= 0.6 is 11.6 Å². The van der Waals surface area contributed by atoms with E-state index in [0.29, 0.717) is 38.9 Å². The third-order valence-electron chi connectivity index (χ3n) is 4.55. The predicted octanol–water partition coefficient (Wildman–Crippen LogP) is 3.11. The predicted molar refractivity (Wildman–Crippen MR) is 115 cm³/mol. The average Bonchev–Trinajstić information content (AvgIpc) is 3.08. The first-order valence-electron chi connectivity index (χ1n) is 8.55. The lowest BCUT2D eigenvalue weighted by Gasteiger charge is -2.17. The Bertz CT molecular complexity index is 1320. The Hall–Kier alpha value is -3.17. The molecule has 0 radical (unpaired) electrons. The van der Waals surface area contributed by atoms with Crippen molar-refractivity contribution in [1.82, 2.24) is 19.7 Å². The second kappa shape index (κ2) is 7.02. The molecule has 0 fully saturated rings. The Balaban J connectivity index is 1.94. The fourth-order valence-electron chi connectivity index (χ4n) is 2.98. The van der Waals surface area contributed by atoms with E-state index in [1.165, 1.54) is 17.7 Å². The first kappa shape index (κ1) is 19.2. The first-order chi connectivity index (χ1) is 13.8. The molecule has 4 rings (SSSR count). The third kappa shape index (κ3) is 3.50. The van der Waals surface area contributed by atoms with Crippen LogP contribution in [0.3, 0.4) is 0 Å². The molecule has 0 unspecified atom stereocenters. The number of rotatable bonds is 4. The maximum absolute atomic E-state index is 11.9. The summed E-state index contributed by atoms with van der Waals surface area (Å²) in [6.07, 6.45) is 2.52. The van der Waals surface area contributed by atoms with Gasteiger partial charge in [0.05, 0.1) is 23.0 Å². The topological polar surface area (TPSA) is 107 Å². The molecule has 10 heteroatoms. The second-order valence-corrected chi connectivity index (χ2v) is 8.93. The molecule has 2 aromatic heterocycles. The molecule has 2 heterocycles. The van der Waals surface area contributed by atoms with Crippen LogP contribution < -0.4 is 10.0 Å². The van der Waals surface area contributed by atoms with Crippen LogP contribution in [0.25, 0.3) is 28.0 Å². The highest BCUT2D eigenvalue weighted by Gasteiger charge is 2.19. The van der Waals surface area contributed by atoms with Gasteiger partial charge in [-0.25, -0.2) is 23.1 Å². The number of anilines is 2. The Morgan fingerprint density at radius 1 is 1.10 bits per heavy atom. The van der Waals surface area contributed by atoms with E-state index in [1.807, 2.05) is 18.2 Å². The Morgan fingerprint density at radius 2 is 1.83 bits per heavy atom. The molecule has 0 aliphatic heterocycles. The molecule has 0 amide bonds. The fraction of sp³-hybridized carbons (Fsp3) is 0.105. The van der Waals surface area contributed by atoms with Crippen molar-refractivity contribution in [3.05, 3.63) is 59.9 Å². The minimum absolute atomic E-state index is 0.301. The lowest BCUT2D eigenvalue weighted by atomic mass is 10.1. The summed E-state index contributed by atoms with van der Waals surface area (Å²) in [6.45, 7) is 0. The lowest BCUT2D eigenvalue weighted by Crippen LogP contribution is -2.24. The van der Waals surface area contributed by atoms with Crippen LogP contribution in [-0.4, -0.2) is 41.5 Å². The third-order valence-corrected chi connectivity index (χ3v) is 6.00. The standard InChI is InChI=1S/C19H17ClN6O2S/c1-25(29(2,27)28)14-4-3-5-15(10-14)26-19-16(18(21)22-11-23-19)17(24-26)12-6-8-13(20)9-7-12/h3-11H,1-2H3,(H2,21,22,23). The first-order valence-corrected chi connectivity index (χ1v) is 10.8. The Labute approximate surface area is 172 Å². The van der Waals surface area contributed by atoms with Gasteiger partial charge >= 0.3 is 0 Å². The maximum atomic E-state index is 11.9. The SMILES string of the molecule is CN(c1cccc(-n2nc(-c3ccc(Cl)cc3)c3c(N)ncnc32)c1)S(C)(=O)=O. The molecular formula is C19H17ClN6O2S. The van der Waals surface area contributed by atoms with Crippen molar-refractivity contribution in [1.29, 1.82) is 0 Å². The van der Waals surface area contributed by atoms with Crippen molar-refractivity contribution < 1.29 is 8.42 Å². The Morgan fingerprint density at radius 3 is 2.52 bits per heavy atom. The van der Waals surface area contributed by atoms with E-state index in [0.717, 1.165) is 11.8 Å². The van der Waals surface area contributed by atoms with Gasteiger partial charge in [-0.15, -0.1) is 0 Å². The highest BCUT2D eigenvalue weighted by Crippen LogP contribution is 2.32. The number of nitrogens with zero attached hydrogens (tertiary/aromatic N) is 5. The molecule has 8 nitrogen and oxygen atoms in total. The number of nitrogen functional groups attached to an aromatic ring is 1. The number of benzene rings is 2. The number of fused-ring (bicyclic) bond motifs is 1. The lowest BCUT2D eigenvalue weighted by molar-refractivity contribution is 0.600.